The molecule has 5 heteroatoms. The van der Waals surface area contributed by atoms with Gasteiger partial charge in [-0.05, 0) is 29.8 Å². The molecule has 0 saturated carbocycles. The first kappa shape index (κ1) is 14.0. The maximum absolute atomic E-state index is 12.0. The van der Waals surface area contributed by atoms with Crippen LogP contribution in [-0.2, 0) is 11.2 Å². The second-order valence-electron chi connectivity index (χ2n) is 4.11. The number of para-hydroxylation sites is 1. The zero-order valence-electron chi connectivity index (χ0n) is 10.6. The van der Waals surface area contributed by atoms with Gasteiger partial charge >= 0.3 is 6.61 Å². The van der Waals surface area contributed by atoms with Crippen LogP contribution in [0.4, 0.5) is 14.5 Å². The van der Waals surface area contributed by atoms with Crippen molar-refractivity contribution in [2.45, 2.75) is 13.0 Å². The number of carbonyl (C=O) groups is 1. The van der Waals surface area contributed by atoms with Gasteiger partial charge in [-0.3, -0.25) is 4.79 Å². The van der Waals surface area contributed by atoms with Gasteiger partial charge in [0.2, 0.25) is 5.91 Å². The molecule has 0 heterocycles. The van der Waals surface area contributed by atoms with E-state index in [-0.39, 0.29) is 18.1 Å². The molecular weight excluding hydrogens is 264 g/mol. The van der Waals surface area contributed by atoms with Crippen molar-refractivity contribution >= 4 is 11.6 Å². The molecule has 2 aromatic rings. The summed E-state index contributed by atoms with van der Waals surface area (Å²) in [6, 6.07) is 15.1. The van der Waals surface area contributed by atoms with E-state index in [2.05, 4.69) is 10.1 Å². The van der Waals surface area contributed by atoms with Crippen LogP contribution in [0.1, 0.15) is 5.56 Å². The second-order valence-corrected chi connectivity index (χ2v) is 4.11. The first-order valence-corrected chi connectivity index (χ1v) is 6.02. The van der Waals surface area contributed by atoms with E-state index in [4.69, 9.17) is 0 Å². The van der Waals surface area contributed by atoms with E-state index >= 15 is 0 Å². The number of hydrogen-bond acceptors (Lipinski definition) is 2. The molecule has 0 unspecified atom stereocenters. The van der Waals surface area contributed by atoms with Crippen molar-refractivity contribution in [2.24, 2.45) is 0 Å². The Labute approximate surface area is 115 Å². The SMILES string of the molecule is O=C(Cc1ccc(OC(F)F)cc1)Nc1ccccc1. The van der Waals surface area contributed by atoms with Crippen LogP contribution >= 0.6 is 0 Å². The van der Waals surface area contributed by atoms with Crippen LogP contribution in [0.25, 0.3) is 0 Å². The third-order valence-electron chi connectivity index (χ3n) is 2.57. The van der Waals surface area contributed by atoms with Gasteiger partial charge in [0.25, 0.3) is 0 Å². The third kappa shape index (κ3) is 4.35. The minimum atomic E-state index is -2.85. The second kappa shape index (κ2) is 6.65. The van der Waals surface area contributed by atoms with E-state index in [1.54, 1.807) is 24.3 Å². The molecule has 0 radical (unpaired) electrons. The van der Waals surface area contributed by atoms with Gasteiger partial charge in [0.05, 0.1) is 6.42 Å². The van der Waals surface area contributed by atoms with Crippen molar-refractivity contribution < 1.29 is 18.3 Å². The zero-order chi connectivity index (χ0) is 14.4. The van der Waals surface area contributed by atoms with Gasteiger partial charge in [0.1, 0.15) is 5.75 Å². The van der Waals surface area contributed by atoms with Gasteiger partial charge in [-0.15, -0.1) is 0 Å². The fourth-order valence-corrected chi connectivity index (χ4v) is 1.70. The molecule has 0 atom stereocenters. The van der Waals surface area contributed by atoms with Gasteiger partial charge in [-0.25, -0.2) is 0 Å². The molecule has 0 aliphatic carbocycles. The van der Waals surface area contributed by atoms with Crippen molar-refractivity contribution in [3.05, 3.63) is 60.2 Å². The molecule has 0 aromatic heterocycles. The molecule has 2 rings (SSSR count). The molecule has 0 spiro atoms. The standard InChI is InChI=1S/C15H13F2NO2/c16-15(17)20-13-8-6-11(7-9-13)10-14(19)18-12-4-2-1-3-5-12/h1-9,15H,10H2,(H,18,19). The van der Waals surface area contributed by atoms with Crippen molar-refractivity contribution in [2.75, 3.05) is 5.32 Å². The highest BCUT2D eigenvalue weighted by molar-refractivity contribution is 5.92. The molecule has 0 aliphatic rings. The van der Waals surface area contributed by atoms with Crippen LogP contribution in [-0.4, -0.2) is 12.5 Å². The predicted molar refractivity (Wildman–Crippen MR) is 71.8 cm³/mol. The Bertz CT molecular complexity index is 556. The van der Waals surface area contributed by atoms with E-state index in [1.807, 2.05) is 18.2 Å². The Morgan fingerprint density at radius 1 is 1.05 bits per heavy atom. The largest absolute Gasteiger partial charge is 0.435 e. The van der Waals surface area contributed by atoms with Gasteiger partial charge < -0.3 is 10.1 Å². The van der Waals surface area contributed by atoms with Crippen molar-refractivity contribution in [1.29, 1.82) is 0 Å². The molecule has 0 bridgehead atoms. The maximum Gasteiger partial charge on any atom is 0.387 e. The summed E-state index contributed by atoms with van der Waals surface area (Å²) in [6.07, 6.45) is 0.170. The number of benzene rings is 2. The lowest BCUT2D eigenvalue weighted by Gasteiger charge is -2.07. The molecule has 3 nitrogen and oxygen atoms in total. The average Bonchev–Trinajstić information content (AvgIpc) is 2.41. The minimum absolute atomic E-state index is 0.0761. The van der Waals surface area contributed by atoms with E-state index in [9.17, 15) is 13.6 Å². The normalized spacial score (nSPS) is 10.3. The number of rotatable bonds is 5. The summed E-state index contributed by atoms with van der Waals surface area (Å²) < 4.78 is 28.2. The highest BCUT2D eigenvalue weighted by Gasteiger charge is 2.06. The van der Waals surface area contributed by atoms with Gasteiger partial charge in [0.15, 0.2) is 0 Å². The molecule has 0 saturated heterocycles. The van der Waals surface area contributed by atoms with E-state index in [0.717, 1.165) is 11.3 Å². The highest BCUT2D eigenvalue weighted by Crippen LogP contribution is 2.15. The smallest absolute Gasteiger partial charge is 0.387 e. The average molecular weight is 277 g/mol. The van der Waals surface area contributed by atoms with Gasteiger partial charge in [-0.1, -0.05) is 30.3 Å². The molecule has 0 aliphatic heterocycles. The number of nitrogens with one attached hydrogen (secondary N) is 1. The lowest BCUT2D eigenvalue weighted by molar-refractivity contribution is -0.115. The van der Waals surface area contributed by atoms with E-state index < -0.39 is 6.61 Å². The number of hydrogen-bond donors (Lipinski definition) is 1. The molecular formula is C15H13F2NO2. The Kier molecular flexibility index (Phi) is 4.65. The minimum Gasteiger partial charge on any atom is -0.435 e. The van der Waals surface area contributed by atoms with Crippen molar-refractivity contribution in [3.8, 4) is 5.75 Å². The van der Waals surface area contributed by atoms with E-state index in [1.165, 1.54) is 12.1 Å². The summed E-state index contributed by atoms with van der Waals surface area (Å²) in [5, 5.41) is 2.75. The zero-order valence-corrected chi connectivity index (χ0v) is 10.6. The van der Waals surface area contributed by atoms with Crippen molar-refractivity contribution in [3.63, 3.8) is 0 Å². The molecule has 1 N–H and O–H groups in total. The van der Waals surface area contributed by atoms with Crippen LogP contribution in [0.2, 0.25) is 0 Å². The maximum atomic E-state index is 12.0. The number of ether oxygens (including phenoxy) is 1. The fraction of sp³-hybridized carbons (Fsp3) is 0.133. The van der Waals surface area contributed by atoms with Crippen LogP contribution < -0.4 is 10.1 Å². The summed E-state index contributed by atoms with van der Waals surface area (Å²) in [4.78, 5) is 11.8. The molecule has 0 fully saturated rings. The fourth-order valence-electron chi connectivity index (χ4n) is 1.70. The summed E-state index contributed by atoms with van der Waals surface area (Å²) in [7, 11) is 0. The Morgan fingerprint density at radius 2 is 1.70 bits per heavy atom. The van der Waals surface area contributed by atoms with Crippen molar-refractivity contribution in [1.82, 2.24) is 0 Å². The number of carbonyl (C=O) groups excluding carboxylic acids is 1. The van der Waals surface area contributed by atoms with Gasteiger partial charge in [-0.2, -0.15) is 8.78 Å². The first-order chi connectivity index (χ1) is 9.63. The molecule has 2 aromatic carbocycles. The summed E-state index contributed by atoms with van der Waals surface area (Å²) in [5.41, 5.74) is 1.44. The van der Waals surface area contributed by atoms with E-state index in [0.29, 0.717) is 0 Å². The topological polar surface area (TPSA) is 38.3 Å². The summed E-state index contributed by atoms with van der Waals surface area (Å²) in [5.74, 6) is -0.0917. The molecule has 20 heavy (non-hydrogen) atoms. The predicted octanol–water partition coefficient (Wildman–Crippen LogP) is 3.47. The quantitative estimate of drug-likeness (QED) is 0.908. The Morgan fingerprint density at radius 3 is 2.30 bits per heavy atom. The number of halogens is 2. The number of amides is 1. The lowest BCUT2D eigenvalue weighted by atomic mass is 10.1. The Balaban J connectivity index is 1.91. The lowest BCUT2D eigenvalue weighted by Crippen LogP contribution is -2.14. The number of anilines is 1. The van der Waals surface area contributed by atoms with Crippen LogP contribution in [0, 0.1) is 0 Å². The third-order valence-corrected chi connectivity index (χ3v) is 2.57. The highest BCUT2D eigenvalue weighted by atomic mass is 19.3. The van der Waals surface area contributed by atoms with Gasteiger partial charge in [0, 0.05) is 5.69 Å². The number of alkyl halides is 2. The first-order valence-electron chi connectivity index (χ1n) is 6.02. The summed E-state index contributed by atoms with van der Waals surface area (Å²) in [6.45, 7) is -2.85. The van der Waals surface area contributed by atoms with Crippen LogP contribution in [0.5, 0.6) is 5.75 Å². The monoisotopic (exact) mass is 277 g/mol. The molecule has 104 valence electrons. The van der Waals surface area contributed by atoms with Crippen LogP contribution in [0.3, 0.4) is 0 Å². The Hall–Kier alpha value is -2.43. The van der Waals surface area contributed by atoms with Crippen LogP contribution in [0.15, 0.2) is 54.6 Å². The summed E-state index contributed by atoms with van der Waals surface area (Å²) >= 11 is 0. The molecule has 1 amide bonds.